The Kier molecular flexibility index (Phi) is 4.34. The van der Waals surface area contributed by atoms with Crippen LogP contribution in [-0.2, 0) is 6.54 Å². The van der Waals surface area contributed by atoms with Crippen molar-refractivity contribution in [1.29, 1.82) is 0 Å². The molecule has 0 fully saturated rings. The molecular weight excluding hydrogens is 254 g/mol. The number of aromatic amines is 1. The van der Waals surface area contributed by atoms with Crippen LogP contribution < -0.4 is 5.32 Å². The largest absolute Gasteiger partial charge is 0.385 e. The van der Waals surface area contributed by atoms with Crippen molar-refractivity contribution in [2.75, 3.05) is 18.9 Å². The third-order valence-electron chi connectivity index (χ3n) is 2.97. The lowest BCUT2D eigenvalue weighted by atomic mass is 10.1. The third kappa shape index (κ3) is 3.14. The number of hydrogen-bond acceptors (Lipinski definition) is 4. The molecule has 2 rings (SSSR count). The molecule has 1 amide bonds. The first-order chi connectivity index (χ1) is 9.61. The molecule has 2 aromatic rings. The Morgan fingerprint density at radius 3 is 2.90 bits per heavy atom. The Labute approximate surface area is 118 Å². The summed E-state index contributed by atoms with van der Waals surface area (Å²) in [6, 6.07) is 5.83. The van der Waals surface area contributed by atoms with Crippen LogP contribution in [0.25, 0.3) is 0 Å². The zero-order valence-electron chi connectivity index (χ0n) is 12.0. The molecule has 106 valence electrons. The molecule has 0 aliphatic rings. The van der Waals surface area contributed by atoms with Crippen molar-refractivity contribution in [1.82, 2.24) is 20.1 Å². The number of rotatable bonds is 5. The molecule has 20 heavy (non-hydrogen) atoms. The standard InChI is InChI=1S/C14H19N5O/c1-4-15-12-6-5-10(2)7-11(12)14(20)19(3)8-13-16-9-17-18-13/h5-7,9,15H,4,8H2,1-3H3,(H,16,17,18). The normalized spacial score (nSPS) is 10.3. The molecule has 2 N–H and O–H groups in total. The summed E-state index contributed by atoms with van der Waals surface area (Å²) in [5.74, 6) is 0.625. The highest BCUT2D eigenvalue weighted by atomic mass is 16.2. The third-order valence-corrected chi connectivity index (χ3v) is 2.97. The van der Waals surface area contributed by atoms with E-state index in [0.29, 0.717) is 17.9 Å². The Bertz CT molecular complexity index is 579. The number of carbonyl (C=O) groups is 1. The summed E-state index contributed by atoms with van der Waals surface area (Å²) in [5, 5.41) is 9.75. The van der Waals surface area contributed by atoms with Gasteiger partial charge in [-0.2, -0.15) is 5.10 Å². The van der Waals surface area contributed by atoms with Gasteiger partial charge in [0, 0.05) is 19.3 Å². The number of aromatic nitrogens is 3. The van der Waals surface area contributed by atoms with E-state index >= 15 is 0 Å². The monoisotopic (exact) mass is 273 g/mol. The Morgan fingerprint density at radius 1 is 1.45 bits per heavy atom. The highest BCUT2D eigenvalue weighted by Crippen LogP contribution is 2.19. The maximum atomic E-state index is 12.5. The van der Waals surface area contributed by atoms with Crippen LogP contribution in [0.5, 0.6) is 0 Å². The number of nitrogens with one attached hydrogen (secondary N) is 2. The highest BCUT2D eigenvalue weighted by molar-refractivity contribution is 5.99. The van der Waals surface area contributed by atoms with E-state index in [9.17, 15) is 4.79 Å². The Balaban J connectivity index is 2.21. The van der Waals surface area contributed by atoms with Crippen molar-refractivity contribution < 1.29 is 4.79 Å². The van der Waals surface area contributed by atoms with Crippen LogP contribution >= 0.6 is 0 Å². The van der Waals surface area contributed by atoms with Gasteiger partial charge in [0.15, 0.2) is 0 Å². The van der Waals surface area contributed by atoms with Gasteiger partial charge in [0.2, 0.25) is 0 Å². The van der Waals surface area contributed by atoms with Gasteiger partial charge in [-0.1, -0.05) is 11.6 Å². The molecule has 0 atom stereocenters. The number of anilines is 1. The number of nitrogens with zero attached hydrogens (tertiary/aromatic N) is 3. The molecule has 1 heterocycles. The fraction of sp³-hybridized carbons (Fsp3) is 0.357. The smallest absolute Gasteiger partial charge is 0.256 e. The van der Waals surface area contributed by atoms with Gasteiger partial charge in [-0.15, -0.1) is 0 Å². The SMILES string of the molecule is CCNc1ccc(C)cc1C(=O)N(C)Cc1ncn[nH]1. The van der Waals surface area contributed by atoms with Crippen molar-refractivity contribution in [3.8, 4) is 0 Å². The molecule has 6 heteroatoms. The summed E-state index contributed by atoms with van der Waals surface area (Å²) in [5.41, 5.74) is 2.59. The van der Waals surface area contributed by atoms with E-state index in [2.05, 4.69) is 20.5 Å². The summed E-state index contributed by atoms with van der Waals surface area (Å²) < 4.78 is 0. The second-order valence-corrected chi connectivity index (χ2v) is 4.67. The number of amides is 1. The van der Waals surface area contributed by atoms with E-state index in [0.717, 1.165) is 17.8 Å². The van der Waals surface area contributed by atoms with Crippen LogP contribution in [0.3, 0.4) is 0 Å². The topological polar surface area (TPSA) is 73.9 Å². The lowest BCUT2D eigenvalue weighted by Crippen LogP contribution is -2.27. The van der Waals surface area contributed by atoms with Gasteiger partial charge >= 0.3 is 0 Å². The first-order valence-electron chi connectivity index (χ1n) is 6.56. The molecule has 6 nitrogen and oxygen atoms in total. The number of hydrogen-bond donors (Lipinski definition) is 2. The van der Waals surface area contributed by atoms with Crippen LogP contribution in [-0.4, -0.2) is 39.6 Å². The summed E-state index contributed by atoms with van der Waals surface area (Å²) in [7, 11) is 1.75. The zero-order chi connectivity index (χ0) is 14.5. The van der Waals surface area contributed by atoms with Gasteiger partial charge in [-0.25, -0.2) is 4.98 Å². The molecule has 0 saturated heterocycles. The molecule has 0 radical (unpaired) electrons. The van der Waals surface area contributed by atoms with E-state index < -0.39 is 0 Å². The fourth-order valence-corrected chi connectivity index (χ4v) is 1.99. The second kappa shape index (κ2) is 6.18. The summed E-state index contributed by atoms with van der Waals surface area (Å²) in [4.78, 5) is 18.2. The minimum absolute atomic E-state index is 0.0407. The zero-order valence-corrected chi connectivity index (χ0v) is 12.0. The predicted molar refractivity (Wildman–Crippen MR) is 77.5 cm³/mol. The molecule has 0 unspecified atom stereocenters. The molecule has 0 aliphatic heterocycles. The second-order valence-electron chi connectivity index (χ2n) is 4.67. The lowest BCUT2D eigenvalue weighted by molar-refractivity contribution is 0.0782. The Morgan fingerprint density at radius 2 is 2.25 bits per heavy atom. The number of benzene rings is 1. The number of aryl methyl sites for hydroxylation is 1. The van der Waals surface area contributed by atoms with Gasteiger partial charge in [0.1, 0.15) is 12.2 Å². The minimum atomic E-state index is -0.0407. The first-order valence-corrected chi connectivity index (χ1v) is 6.56. The average Bonchev–Trinajstić information content (AvgIpc) is 2.93. The quantitative estimate of drug-likeness (QED) is 0.871. The fourth-order valence-electron chi connectivity index (χ4n) is 1.99. The molecule has 0 aliphatic carbocycles. The molecular formula is C14H19N5O. The van der Waals surface area contributed by atoms with E-state index in [1.54, 1.807) is 11.9 Å². The summed E-state index contributed by atoms with van der Waals surface area (Å²) in [6.45, 7) is 5.16. The first kappa shape index (κ1) is 14.0. The van der Waals surface area contributed by atoms with Gasteiger partial charge in [0.25, 0.3) is 5.91 Å². The average molecular weight is 273 g/mol. The van der Waals surface area contributed by atoms with Gasteiger partial charge in [-0.3, -0.25) is 9.89 Å². The van der Waals surface area contributed by atoms with Crippen molar-refractivity contribution in [2.24, 2.45) is 0 Å². The van der Waals surface area contributed by atoms with Gasteiger partial charge in [-0.05, 0) is 26.0 Å². The van der Waals surface area contributed by atoms with Crippen LogP contribution in [0.2, 0.25) is 0 Å². The predicted octanol–water partition coefficient (Wildman–Crippen LogP) is 1.82. The van der Waals surface area contributed by atoms with Gasteiger partial charge in [0.05, 0.1) is 12.1 Å². The van der Waals surface area contributed by atoms with E-state index in [4.69, 9.17) is 0 Å². The molecule has 1 aromatic carbocycles. The molecule has 0 saturated carbocycles. The highest BCUT2D eigenvalue weighted by Gasteiger charge is 2.17. The van der Waals surface area contributed by atoms with E-state index in [1.165, 1.54) is 6.33 Å². The molecule has 0 spiro atoms. The maximum absolute atomic E-state index is 12.5. The maximum Gasteiger partial charge on any atom is 0.256 e. The van der Waals surface area contributed by atoms with Crippen LogP contribution in [0.15, 0.2) is 24.5 Å². The van der Waals surface area contributed by atoms with Crippen molar-refractivity contribution in [3.05, 3.63) is 41.5 Å². The summed E-state index contributed by atoms with van der Waals surface area (Å²) >= 11 is 0. The summed E-state index contributed by atoms with van der Waals surface area (Å²) in [6.07, 6.45) is 1.43. The lowest BCUT2D eigenvalue weighted by Gasteiger charge is -2.18. The number of carbonyl (C=O) groups excluding carboxylic acids is 1. The van der Waals surface area contributed by atoms with Crippen molar-refractivity contribution >= 4 is 11.6 Å². The van der Waals surface area contributed by atoms with E-state index in [1.807, 2.05) is 32.0 Å². The Hall–Kier alpha value is -2.37. The van der Waals surface area contributed by atoms with Crippen LogP contribution in [0.4, 0.5) is 5.69 Å². The van der Waals surface area contributed by atoms with Crippen molar-refractivity contribution in [2.45, 2.75) is 20.4 Å². The number of H-pyrrole nitrogens is 1. The molecule has 0 bridgehead atoms. The van der Waals surface area contributed by atoms with Crippen LogP contribution in [0, 0.1) is 6.92 Å². The van der Waals surface area contributed by atoms with Crippen molar-refractivity contribution in [3.63, 3.8) is 0 Å². The molecule has 1 aromatic heterocycles. The van der Waals surface area contributed by atoms with Crippen LogP contribution in [0.1, 0.15) is 28.7 Å². The van der Waals surface area contributed by atoms with Gasteiger partial charge < -0.3 is 10.2 Å². The van der Waals surface area contributed by atoms with E-state index in [-0.39, 0.29) is 5.91 Å². The minimum Gasteiger partial charge on any atom is -0.385 e.